The number of hydrogen-bond acceptors (Lipinski definition) is 1. The summed E-state index contributed by atoms with van der Waals surface area (Å²) in [6.07, 6.45) is 5.90. The molecule has 0 saturated carbocycles. The van der Waals surface area contributed by atoms with Crippen molar-refractivity contribution in [3.05, 3.63) is 59.4 Å². The highest BCUT2D eigenvalue weighted by atomic mass is 19.1. The van der Waals surface area contributed by atoms with Gasteiger partial charge in [-0.05, 0) is 18.6 Å². The first-order valence-corrected chi connectivity index (χ1v) is 5.42. The Balaban J connectivity index is 2.52. The van der Waals surface area contributed by atoms with Gasteiger partial charge >= 0.3 is 0 Å². The van der Waals surface area contributed by atoms with Crippen LogP contribution in [0.15, 0.2) is 48.1 Å². The van der Waals surface area contributed by atoms with Crippen LogP contribution in [0.5, 0.6) is 0 Å². The summed E-state index contributed by atoms with van der Waals surface area (Å²) in [6, 6.07) is 6.66. The summed E-state index contributed by atoms with van der Waals surface area (Å²) in [5, 5.41) is 0. The first kappa shape index (κ1) is 11.1. The maximum Gasteiger partial charge on any atom is 0.127 e. The van der Waals surface area contributed by atoms with Gasteiger partial charge in [0.05, 0.1) is 0 Å². The van der Waals surface area contributed by atoms with E-state index in [9.17, 15) is 4.39 Å². The van der Waals surface area contributed by atoms with Gasteiger partial charge in [-0.15, -0.1) is 0 Å². The minimum absolute atomic E-state index is 0.172. The zero-order valence-corrected chi connectivity index (χ0v) is 9.57. The van der Waals surface area contributed by atoms with Crippen molar-refractivity contribution in [2.75, 3.05) is 0 Å². The maximum atomic E-state index is 13.8. The molecule has 0 spiro atoms. The molecule has 0 amide bonds. The molecule has 2 N–H and O–H groups in total. The fourth-order valence-electron chi connectivity index (χ4n) is 2.24. The number of rotatable bonds is 1. The van der Waals surface area contributed by atoms with E-state index in [1.807, 2.05) is 38.1 Å². The molecule has 2 rings (SSSR count). The molecule has 0 aromatic heterocycles. The lowest BCUT2D eigenvalue weighted by molar-refractivity contribution is 0.468. The Labute approximate surface area is 95.5 Å². The van der Waals surface area contributed by atoms with Gasteiger partial charge in [0, 0.05) is 11.5 Å². The highest BCUT2D eigenvalue weighted by molar-refractivity contribution is 5.41. The molecule has 2 atom stereocenters. The Morgan fingerprint density at radius 3 is 2.69 bits per heavy atom. The Hall–Kier alpha value is -1.41. The fraction of sp³-hybridized carbons (Fsp3) is 0.286. The van der Waals surface area contributed by atoms with Crippen LogP contribution in [0.3, 0.4) is 0 Å². The zero-order chi connectivity index (χ0) is 11.8. The van der Waals surface area contributed by atoms with Crippen molar-refractivity contribution in [3.8, 4) is 0 Å². The highest BCUT2D eigenvalue weighted by Gasteiger charge is 2.35. The highest BCUT2D eigenvalue weighted by Crippen LogP contribution is 2.35. The van der Waals surface area contributed by atoms with Crippen molar-refractivity contribution in [3.63, 3.8) is 0 Å². The SMILES string of the molecule is CC1=CC=CC(C)(c2ccccc2F)C1N. The Morgan fingerprint density at radius 1 is 1.31 bits per heavy atom. The molecule has 0 saturated heterocycles. The summed E-state index contributed by atoms with van der Waals surface area (Å²) < 4.78 is 13.8. The lowest BCUT2D eigenvalue weighted by atomic mass is 9.71. The lowest BCUT2D eigenvalue weighted by Gasteiger charge is -2.36. The molecule has 1 aromatic rings. The van der Waals surface area contributed by atoms with Crippen LogP contribution in [0.4, 0.5) is 4.39 Å². The smallest absolute Gasteiger partial charge is 0.127 e. The van der Waals surface area contributed by atoms with Crippen LogP contribution in [-0.2, 0) is 5.41 Å². The van der Waals surface area contributed by atoms with Crippen molar-refractivity contribution in [1.29, 1.82) is 0 Å². The average molecular weight is 217 g/mol. The third-order valence-corrected chi connectivity index (χ3v) is 3.39. The molecule has 16 heavy (non-hydrogen) atoms. The van der Waals surface area contributed by atoms with Crippen LogP contribution >= 0.6 is 0 Å². The van der Waals surface area contributed by atoms with Gasteiger partial charge in [0.25, 0.3) is 0 Å². The molecule has 84 valence electrons. The van der Waals surface area contributed by atoms with Crippen molar-refractivity contribution in [1.82, 2.24) is 0 Å². The number of nitrogens with two attached hydrogens (primary N) is 1. The van der Waals surface area contributed by atoms with Crippen LogP contribution in [0.25, 0.3) is 0 Å². The van der Waals surface area contributed by atoms with Gasteiger partial charge < -0.3 is 5.73 Å². The van der Waals surface area contributed by atoms with E-state index in [2.05, 4.69) is 0 Å². The van der Waals surface area contributed by atoms with E-state index in [1.165, 1.54) is 6.07 Å². The van der Waals surface area contributed by atoms with E-state index < -0.39 is 5.41 Å². The lowest BCUT2D eigenvalue weighted by Crippen LogP contribution is -2.44. The number of benzene rings is 1. The van der Waals surface area contributed by atoms with E-state index >= 15 is 0 Å². The molecular weight excluding hydrogens is 201 g/mol. The van der Waals surface area contributed by atoms with E-state index in [-0.39, 0.29) is 11.9 Å². The summed E-state index contributed by atoms with van der Waals surface area (Å²) in [5.74, 6) is -0.195. The van der Waals surface area contributed by atoms with Gasteiger partial charge in [0.15, 0.2) is 0 Å². The largest absolute Gasteiger partial charge is 0.323 e. The summed E-state index contributed by atoms with van der Waals surface area (Å²) in [4.78, 5) is 0. The molecule has 2 heteroatoms. The van der Waals surface area contributed by atoms with Gasteiger partial charge in [-0.3, -0.25) is 0 Å². The van der Waals surface area contributed by atoms with E-state index in [0.717, 1.165) is 5.57 Å². The molecule has 1 nitrogen and oxygen atoms in total. The van der Waals surface area contributed by atoms with Gasteiger partial charge in [-0.25, -0.2) is 4.39 Å². The predicted octanol–water partition coefficient (Wildman–Crippen LogP) is 2.93. The summed E-state index contributed by atoms with van der Waals surface area (Å²) in [6.45, 7) is 3.95. The van der Waals surface area contributed by atoms with E-state index in [4.69, 9.17) is 5.73 Å². The summed E-state index contributed by atoms with van der Waals surface area (Å²) in [5.41, 5.74) is 7.45. The minimum atomic E-state index is -0.454. The second-order valence-electron chi connectivity index (χ2n) is 4.51. The molecular formula is C14H16FN. The Morgan fingerprint density at radius 2 is 2.00 bits per heavy atom. The number of allylic oxidation sites excluding steroid dienone is 2. The van der Waals surface area contributed by atoms with Crippen molar-refractivity contribution < 1.29 is 4.39 Å². The zero-order valence-electron chi connectivity index (χ0n) is 9.57. The van der Waals surface area contributed by atoms with Crippen LogP contribution in [0.2, 0.25) is 0 Å². The number of hydrogen-bond donors (Lipinski definition) is 1. The van der Waals surface area contributed by atoms with Crippen LogP contribution in [0, 0.1) is 5.82 Å². The molecule has 0 fully saturated rings. The van der Waals surface area contributed by atoms with E-state index in [0.29, 0.717) is 5.56 Å². The average Bonchev–Trinajstić information content (AvgIpc) is 2.26. The molecule has 1 aliphatic rings. The predicted molar refractivity (Wildman–Crippen MR) is 64.6 cm³/mol. The summed E-state index contributed by atoms with van der Waals surface area (Å²) in [7, 11) is 0. The van der Waals surface area contributed by atoms with Crippen LogP contribution in [-0.4, -0.2) is 6.04 Å². The fourth-order valence-corrected chi connectivity index (χ4v) is 2.24. The molecule has 0 heterocycles. The minimum Gasteiger partial charge on any atom is -0.323 e. The Bertz CT molecular complexity index is 462. The van der Waals surface area contributed by atoms with Crippen LogP contribution < -0.4 is 5.73 Å². The topological polar surface area (TPSA) is 26.0 Å². The maximum absolute atomic E-state index is 13.8. The summed E-state index contributed by atoms with van der Waals surface area (Å²) >= 11 is 0. The van der Waals surface area contributed by atoms with E-state index in [1.54, 1.807) is 12.1 Å². The normalized spacial score (nSPS) is 29.0. The molecule has 0 bridgehead atoms. The molecule has 0 radical (unpaired) electrons. The Kier molecular flexibility index (Phi) is 2.68. The molecule has 1 aromatic carbocycles. The van der Waals surface area contributed by atoms with Gasteiger partial charge in [-0.1, -0.05) is 48.9 Å². The monoisotopic (exact) mass is 217 g/mol. The first-order chi connectivity index (χ1) is 7.55. The van der Waals surface area contributed by atoms with Gasteiger partial charge in [0.2, 0.25) is 0 Å². The third kappa shape index (κ3) is 1.59. The molecule has 1 aliphatic carbocycles. The molecule has 0 aliphatic heterocycles. The third-order valence-electron chi connectivity index (χ3n) is 3.39. The standard InChI is InChI=1S/C14H16FN/c1-10-6-5-9-14(2,13(10)16)11-7-3-4-8-12(11)15/h3-9,13H,16H2,1-2H3. The van der Waals surface area contributed by atoms with Crippen molar-refractivity contribution in [2.45, 2.75) is 25.3 Å². The van der Waals surface area contributed by atoms with Gasteiger partial charge in [0.1, 0.15) is 5.82 Å². The second kappa shape index (κ2) is 3.87. The van der Waals surface area contributed by atoms with Gasteiger partial charge in [-0.2, -0.15) is 0 Å². The number of halogens is 1. The van der Waals surface area contributed by atoms with Crippen LogP contribution in [0.1, 0.15) is 19.4 Å². The first-order valence-electron chi connectivity index (χ1n) is 5.42. The van der Waals surface area contributed by atoms with Crippen molar-refractivity contribution >= 4 is 0 Å². The molecule has 2 unspecified atom stereocenters. The van der Waals surface area contributed by atoms with Crippen molar-refractivity contribution in [2.24, 2.45) is 5.73 Å². The second-order valence-corrected chi connectivity index (χ2v) is 4.51. The quantitative estimate of drug-likeness (QED) is 0.769.